The molecule has 0 unspecified atom stereocenters. The Labute approximate surface area is 126 Å². The highest BCUT2D eigenvalue weighted by Gasteiger charge is 2.12. The Morgan fingerprint density at radius 3 is 3.05 bits per heavy atom. The second kappa shape index (κ2) is 4.80. The summed E-state index contributed by atoms with van der Waals surface area (Å²) in [6.45, 7) is 2.00. The van der Waals surface area contributed by atoms with Crippen LogP contribution in [-0.2, 0) is 0 Å². The van der Waals surface area contributed by atoms with Gasteiger partial charge in [-0.05, 0) is 42.1 Å². The molecule has 0 amide bonds. The standard InChI is InChI=1S/C17H14N4O/c1-11(12-2-3-15-13(8-12)4-7-19-15)21-10-20-16-5-6-18-9-14(16)17(21)22/h2-11,19H,1H3/t11-/m0/s1. The molecule has 0 spiro atoms. The molecule has 0 aliphatic carbocycles. The van der Waals surface area contributed by atoms with Crippen molar-refractivity contribution in [1.82, 2.24) is 19.5 Å². The third-order valence-electron chi connectivity index (χ3n) is 4.06. The van der Waals surface area contributed by atoms with Gasteiger partial charge in [-0.25, -0.2) is 4.98 Å². The van der Waals surface area contributed by atoms with Gasteiger partial charge < -0.3 is 4.98 Å². The number of hydrogen-bond acceptors (Lipinski definition) is 3. The molecule has 3 heterocycles. The number of rotatable bonds is 2. The predicted octanol–water partition coefficient (Wildman–Crippen LogP) is 2.88. The minimum atomic E-state index is -0.0936. The Hall–Kier alpha value is -2.95. The largest absolute Gasteiger partial charge is 0.361 e. The second-order valence-electron chi connectivity index (χ2n) is 5.35. The first kappa shape index (κ1) is 12.8. The molecule has 1 N–H and O–H groups in total. The summed E-state index contributed by atoms with van der Waals surface area (Å²) in [5.74, 6) is 0. The highest BCUT2D eigenvalue weighted by atomic mass is 16.1. The summed E-state index contributed by atoms with van der Waals surface area (Å²) >= 11 is 0. The zero-order valence-corrected chi connectivity index (χ0v) is 12.0. The topological polar surface area (TPSA) is 63.6 Å². The van der Waals surface area contributed by atoms with Crippen LogP contribution in [0.5, 0.6) is 0 Å². The maximum absolute atomic E-state index is 12.6. The fourth-order valence-corrected chi connectivity index (χ4v) is 2.75. The highest BCUT2D eigenvalue weighted by molar-refractivity contribution is 5.80. The normalized spacial score (nSPS) is 12.8. The second-order valence-corrected chi connectivity index (χ2v) is 5.35. The maximum atomic E-state index is 12.6. The Kier molecular flexibility index (Phi) is 2.79. The number of H-pyrrole nitrogens is 1. The van der Waals surface area contributed by atoms with E-state index in [1.54, 1.807) is 29.4 Å². The predicted molar refractivity (Wildman–Crippen MR) is 85.9 cm³/mol. The molecule has 3 aromatic heterocycles. The minimum absolute atomic E-state index is 0.0697. The zero-order chi connectivity index (χ0) is 15.1. The third-order valence-corrected chi connectivity index (χ3v) is 4.06. The van der Waals surface area contributed by atoms with Crippen LogP contribution in [0.1, 0.15) is 18.5 Å². The number of nitrogens with zero attached hydrogens (tertiary/aromatic N) is 3. The van der Waals surface area contributed by atoms with Crippen molar-refractivity contribution in [1.29, 1.82) is 0 Å². The number of fused-ring (bicyclic) bond motifs is 2. The lowest BCUT2D eigenvalue weighted by molar-refractivity contribution is 0.609. The Morgan fingerprint density at radius 2 is 2.14 bits per heavy atom. The number of pyridine rings is 1. The average molecular weight is 290 g/mol. The van der Waals surface area contributed by atoms with E-state index in [4.69, 9.17) is 0 Å². The van der Waals surface area contributed by atoms with Crippen LogP contribution in [0, 0.1) is 0 Å². The van der Waals surface area contributed by atoms with E-state index in [0.717, 1.165) is 16.5 Å². The van der Waals surface area contributed by atoms with Gasteiger partial charge in [0, 0.05) is 24.1 Å². The molecule has 4 rings (SSSR count). The summed E-state index contributed by atoms with van der Waals surface area (Å²) in [4.78, 5) is 24.2. The van der Waals surface area contributed by atoms with Gasteiger partial charge in [0.15, 0.2) is 0 Å². The van der Waals surface area contributed by atoms with Crippen molar-refractivity contribution < 1.29 is 0 Å². The number of aromatic nitrogens is 4. The quantitative estimate of drug-likeness (QED) is 0.617. The van der Waals surface area contributed by atoms with Crippen LogP contribution in [0.25, 0.3) is 21.8 Å². The van der Waals surface area contributed by atoms with Gasteiger partial charge in [-0.3, -0.25) is 14.3 Å². The van der Waals surface area contributed by atoms with Crippen molar-refractivity contribution in [2.24, 2.45) is 0 Å². The highest BCUT2D eigenvalue weighted by Crippen LogP contribution is 2.21. The number of aromatic amines is 1. The Balaban J connectivity index is 1.86. The summed E-state index contributed by atoms with van der Waals surface area (Å²) < 4.78 is 1.65. The molecule has 1 aromatic carbocycles. The van der Waals surface area contributed by atoms with E-state index < -0.39 is 0 Å². The number of nitrogens with one attached hydrogen (secondary N) is 1. The van der Waals surface area contributed by atoms with Gasteiger partial charge in [0.25, 0.3) is 5.56 Å². The molecule has 5 nitrogen and oxygen atoms in total. The minimum Gasteiger partial charge on any atom is -0.361 e. The molecule has 1 atom stereocenters. The van der Waals surface area contributed by atoms with Crippen molar-refractivity contribution in [2.75, 3.05) is 0 Å². The van der Waals surface area contributed by atoms with E-state index in [1.807, 2.05) is 31.3 Å². The smallest absolute Gasteiger partial charge is 0.263 e. The van der Waals surface area contributed by atoms with Crippen LogP contribution in [0.3, 0.4) is 0 Å². The van der Waals surface area contributed by atoms with E-state index >= 15 is 0 Å². The van der Waals surface area contributed by atoms with E-state index in [9.17, 15) is 4.79 Å². The zero-order valence-electron chi connectivity index (χ0n) is 12.0. The summed E-state index contributed by atoms with van der Waals surface area (Å²) in [7, 11) is 0. The molecule has 0 aliphatic rings. The molecule has 0 aliphatic heterocycles. The van der Waals surface area contributed by atoms with Crippen LogP contribution in [0.15, 0.2) is 60.0 Å². The summed E-state index contributed by atoms with van der Waals surface area (Å²) in [5, 5.41) is 1.67. The van der Waals surface area contributed by atoms with Crippen LogP contribution >= 0.6 is 0 Å². The summed E-state index contributed by atoms with van der Waals surface area (Å²) in [5.41, 5.74) is 2.76. The first-order valence-electron chi connectivity index (χ1n) is 7.12. The fraction of sp³-hybridized carbons (Fsp3) is 0.118. The molecule has 5 heteroatoms. The van der Waals surface area contributed by atoms with Crippen LogP contribution in [-0.4, -0.2) is 19.5 Å². The lowest BCUT2D eigenvalue weighted by atomic mass is 10.1. The third kappa shape index (κ3) is 1.90. The van der Waals surface area contributed by atoms with E-state index in [1.165, 1.54) is 0 Å². The van der Waals surface area contributed by atoms with Crippen molar-refractivity contribution in [3.8, 4) is 0 Å². The van der Waals surface area contributed by atoms with E-state index in [2.05, 4.69) is 21.0 Å². The van der Waals surface area contributed by atoms with E-state index in [-0.39, 0.29) is 11.6 Å². The average Bonchev–Trinajstić information content (AvgIpc) is 3.02. The summed E-state index contributed by atoms with van der Waals surface area (Å²) in [6, 6.07) is 9.83. The Morgan fingerprint density at radius 1 is 1.23 bits per heavy atom. The van der Waals surface area contributed by atoms with Crippen molar-refractivity contribution in [3.63, 3.8) is 0 Å². The molecule has 0 radical (unpaired) electrons. The Bertz CT molecular complexity index is 1030. The van der Waals surface area contributed by atoms with Crippen molar-refractivity contribution >= 4 is 21.8 Å². The van der Waals surface area contributed by atoms with Gasteiger partial charge in [-0.1, -0.05) is 6.07 Å². The van der Waals surface area contributed by atoms with Gasteiger partial charge in [-0.2, -0.15) is 0 Å². The van der Waals surface area contributed by atoms with Crippen LogP contribution in [0.2, 0.25) is 0 Å². The maximum Gasteiger partial charge on any atom is 0.263 e. The fourth-order valence-electron chi connectivity index (χ4n) is 2.75. The lowest BCUT2D eigenvalue weighted by Crippen LogP contribution is -2.24. The first-order chi connectivity index (χ1) is 10.7. The number of hydrogen-bond donors (Lipinski definition) is 1. The van der Waals surface area contributed by atoms with Gasteiger partial charge >= 0.3 is 0 Å². The number of benzene rings is 1. The molecule has 22 heavy (non-hydrogen) atoms. The molecule has 0 bridgehead atoms. The van der Waals surface area contributed by atoms with Gasteiger partial charge in [0.05, 0.1) is 23.3 Å². The van der Waals surface area contributed by atoms with E-state index in [0.29, 0.717) is 10.9 Å². The van der Waals surface area contributed by atoms with Gasteiger partial charge in [0.2, 0.25) is 0 Å². The molecule has 108 valence electrons. The summed E-state index contributed by atoms with van der Waals surface area (Å²) in [6.07, 6.45) is 6.73. The molecular formula is C17H14N4O. The monoisotopic (exact) mass is 290 g/mol. The lowest BCUT2D eigenvalue weighted by Gasteiger charge is -2.15. The van der Waals surface area contributed by atoms with Gasteiger partial charge in [0.1, 0.15) is 0 Å². The van der Waals surface area contributed by atoms with Gasteiger partial charge in [-0.15, -0.1) is 0 Å². The molecule has 4 aromatic rings. The molecule has 0 saturated carbocycles. The molecule has 0 saturated heterocycles. The molecule has 0 fully saturated rings. The first-order valence-corrected chi connectivity index (χ1v) is 7.12. The molecular weight excluding hydrogens is 276 g/mol. The van der Waals surface area contributed by atoms with Crippen molar-refractivity contribution in [2.45, 2.75) is 13.0 Å². The van der Waals surface area contributed by atoms with Crippen LogP contribution in [0.4, 0.5) is 0 Å². The van der Waals surface area contributed by atoms with Crippen LogP contribution < -0.4 is 5.56 Å². The SMILES string of the molecule is C[C@@H](c1ccc2[nH]ccc2c1)n1cnc2ccncc2c1=O. The van der Waals surface area contributed by atoms with Crippen molar-refractivity contribution in [3.05, 3.63) is 71.2 Å².